The van der Waals surface area contributed by atoms with Crippen LogP contribution >= 0.6 is 0 Å². The highest BCUT2D eigenvalue weighted by atomic mass is 16.7. The summed E-state index contributed by atoms with van der Waals surface area (Å²) in [4.78, 5) is 12.9. The minimum Gasteiger partial charge on any atom is -0.508 e. The summed E-state index contributed by atoms with van der Waals surface area (Å²) in [6.07, 6.45) is -11.1. The summed E-state index contributed by atoms with van der Waals surface area (Å²) in [6, 6.07) is 21.3. The van der Waals surface area contributed by atoms with Crippen LogP contribution in [0.15, 0.2) is 114 Å². The molecule has 26 nitrogen and oxygen atoms in total. The highest BCUT2D eigenvalue weighted by Crippen LogP contribution is 2.59. The van der Waals surface area contributed by atoms with Crippen LogP contribution in [0.25, 0.3) is 40.7 Å². The molecule has 26 heteroatoms. The maximum absolute atomic E-state index is 12.9. The fraction of sp³-hybridized carbons (Fsp3) is 0.212. The van der Waals surface area contributed by atoms with Crippen molar-refractivity contribution in [2.45, 2.75) is 67.5 Å². The van der Waals surface area contributed by atoms with Gasteiger partial charge in [-0.3, -0.25) is 0 Å². The number of aromatic hydroxyl groups is 11. The van der Waals surface area contributed by atoms with E-state index in [1.807, 2.05) is 0 Å². The number of phenolic OH excluding ortho intramolecular Hbond substituents is 11. The number of carbonyl (C=O) groups excluding carboxylic acids is 1. The Morgan fingerprint density at radius 3 is 1.88 bits per heavy atom. The van der Waals surface area contributed by atoms with Crippen LogP contribution in [0, 0.1) is 0 Å². The van der Waals surface area contributed by atoms with Crippen LogP contribution in [-0.2, 0) is 25.4 Å². The smallest absolute Gasteiger partial charge is 0.369 e. The van der Waals surface area contributed by atoms with Gasteiger partial charge in [-0.05, 0) is 77.4 Å². The Kier molecular flexibility index (Phi) is 16.0. The standard InChI is InChI=1S/C66H56O26/c1-84-47-17-29(18-48(85-2)55(47)79)62-65(92-66-59(83)58(82)56(80)49(89-66)25-86-50(78)14-5-26-3-8-30(67)9-4-26)35-21-32(87-45-19-31(68)20-46(88-62)51(35)45)10-11-33-38(71)23-42(75)52-54(57(81)61(91-63(33)52)28-7-13-37(70)41(74)16-28)53-43(76)24-39(72)34-22-44(77)60(90-64(34)53)27-6-12-36(69)40(73)15-27/h3-21,23-24,44,49,54,56-61,66,77,80-83H,22,25H2,1-2H3,(H10-,67,68,69,70,71,72,73,74,75,76,78,79)/p+1/t44?,49-,54?,56-,57?,58+,59-,60?,61?,66+/m1/s1. The van der Waals surface area contributed by atoms with Crippen LogP contribution in [-0.4, -0.2) is 151 Å². The van der Waals surface area contributed by atoms with Crippen molar-refractivity contribution in [3.8, 4) is 92.0 Å². The molecule has 0 amide bonds. The lowest BCUT2D eigenvalue weighted by Crippen LogP contribution is -2.59. The Hall–Kier alpha value is -11.0. The summed E-state index contributed by atoms with van der Waals surface area (Å²) in [6.45, 7) is -0.691. The lowest BCUT2D eigenvalue weighted by atomic mass is 9.76. The fourth-order valence-corrected chi connectivity index (χ4v) is 11.6. The first-order valence-electron chi connectivity index (χ1n) is 28.1. The largest absolute Gasteiger partial charge is 0.508 e. The SMILES string of the molecule is COc1cc(C2=C(O[C@@H]3O[C@H](COC(=O)C=Cc4ccc(O)cc4)[C@@H](O)[C@H](O)[C@H]3O)c3cc(C=Cc4c(O)cc(O)c5c4OC(c4ccc(O)c(O)c4)C(O)C5c4c(O)cc(O)c5c4OC(c4ccc(O)c(O)c4)C(O)C5)[o+]c4cc(O)cc(c34)O2)cc(OC)c1O. The highest BCUT2D eigenvalue weighted by molar-refractivity contribution is 6.04. The molecular weight excluding hydrogens is 1210 g/mol. The number of rotatable bonds is 14. The average molecular weight is 1270 g/mol. The summed E-state index contributed by atoms with van der Waals surface area (Å²) >= 11 is 0. The molecule has 0 bridgehead atoms. The Balaban J connectivity index is 0.987. The number of aliphatic hydroxyl groups is 5. The second-order valence-corrected chi connectivity index (χ2v) is 21.9. The Morgan fingerprint density at radius 1 is 0.598 bits per heavy atom. The monoisotopic (exact) mass is 1270 g/mol. The van der Waals surface area contributed by atoms with E-state index in [2.05, 4.69) is 0 Å². The lowest BCUT2D eigenvalue weighted by molar-refractivity contribution is -0.285. The van der Waals surface area contributed by atoms with Gasteiger partial charge in [-0.2, -0.15) is 0 Å². The second kappa shape index (κ2) is 24.1. The van der Waals surface area contributed by atoms with E-state index >= 15 is 0 Å². The minimum atomic E-state index is -2.05. The zero-order valence-corrected chi connectivity index (χ0v) is 48.0. The van der Waals surface area contributed by atoms with E-state index in [9.17, 15) is 86.5 Å². The fourth-order valence-electron chi connectivity index (χ4n) is 11.6. The zero-order valence-electron chi connectivity index (χ0n) is 48.0. The molecule has 4 aliphatic rings. The van der Waals surface area contributed by atoms with Crippen molar-refractivity contribution in [1.82, 2.24) is 0 Å². The molecule has 8 aromatic rings. The third-order valence-corrected chi connectivity index (χ3v) is 16.1. The van der Waals surface area contributed by atoms with Crippen LogP contribution in [0.2, 0.25) is 0 Å². The molecule has 1 aromatic heterocycles. The summed E-state index contributed by atoms with van der Waals surface area (Å²) in [5.74, 6) is -10.0. The molecule has 5 unspecified atom stereocenters. The van der Waals surface area contributed by atoms with Crippen molar-refractivity contribution < 1.29 is 129 Å². The van der Waals surface area contributed by atoms with Crippen LogP contribution in [0.3, 0.4) is 0 Å². The summed E-state index contributed by atoms with van der Waals surface area (Å²) in [7, 11) is 2.52. The predicted molar refractivity (Wildman–Crippen MR) is 319 cm³/mol. The van der Waals surface area contributed by atoms with Crippen LogP contribution < -0.4 is 23.7 Å². The van der Waals surface area contributed by atoms with Gasteiger partial charge in [0.15, 0.2) is 52.1 Å². The van der Waals surface area contributed by atoms with Crippen molar-refractivity contribution >= 4 is 46.7 Å². The van der Waals surface area contributed by atoms with Gasteiger partial charge < -0.3 is 120 Å². The molecule has 0 radical (unpaired) electrons. The number of aliphatic hydroxyl groups excluding tert-OH is 5. The minimum absolute atomic E-state index is 0.00290. The first-order valence-corrected chi connectivity index (χ1v) is 28.1. The quantitative estimate of drug-likeness (QED) is 0.0235. The first kappa shape index (κ1) is 61.2. The number of ether oxygens (including phenoxy) is 8. The summed E-state index contributed by atoms with van der Waals surface area (Å²) < 4.78 is 54.7. The van der Waals surface area contributed by atoms with Gasteiger partial charge in [-0.1, -0.05) is 24.3 Å². The molecule has 10 atom stereocenters. The lowest BCUT2D eigenvalue weighted by Gasteiger charge is -2.40. The van der Waals surface area contributed by atoms with Gasteiger partial charge in [-0.25, -0.2) is 9.21 Å². The zero-order chi connectivity index (χ0) is 65.3. The first-order chi connectivity index (χ1) is 44.0. The van der Waals surface area contributed by atoms with Crippen molar-refractivity contribution in [2.75, 3.05) is 20.8 Å². The van der Waals surface area contributed by atoms with E-state index in [0.29, 0.717) is 5.56 Å². The second-order valence-electron chi connectivity index (χ2n) is 21.9. The third-order valence-electron chi connectivity index (χ3n) is 16.1. The number of esters is 1. The average Bonchev–Trinajstić information content (AvgIpc) is 0.730. The number of phenols is 11. The van der Waals surface area contributed by atoms with Crippen molar-refractivity contribution in [1.29, 1.82) is 0 Å². The molecule has 4 aliphatic heterocycles. The molecule has 5 heterocycles. The molecule has 12 rings (SSSR count). The van der Waals surface area contributed by atoms with Gasteiger partial charge in [0, 0.05) is 59.0 Å². The molecule has 7 aromatic carbocycles. The van der Waals surface area contributed by atoms with Crippen molar-refractivity contribution in [3.05, 3.63) is 165 Å². The number of methoxy groups -OCH3 is 2. The molecule has 0 spiro atoms. The van der Waals surface area contributed by atoms with E-state index in [1.54, 1.807) is 0 Å². The summed E-state index contributed by atoms with van der Waals surface area (Å²) in [5.41, 5.74) is -0.252. The van der Waals surface area contributed by atoms with Gasteiger partial charge in [0.25, 0.3) is 0 Å². The van der Waals surface area contributed by atoms with Gasteiger partial charge in [0.2, 0.25) is 12.0 Å². The molecule has 92 heavy (non-hydrogen) atoms. The summed E-state index contributed by atoms with van der Waals surface area (Å²) in [5, 5.41) is 179. The maximum atomic E-state index is 12.9. The van der Waals surface area contributed by atoms with Crippen LogP contribution in [0.1, 0.15) is 74.0 Å². The van der Waals surface area contributed by atoms with E-state index in [1.165, 1.54) is 99.2 Å². The van der Waals surface area contributed by atoms with E-state index in [4.69, 9.17) is 42.3 Å². The number of hydrogen-bond donors (Lipinski definition) is 16. The van der Waals surface area contributed by atoms with Crippen molar-refractivity contribution in [2.24, 2.45) is 0 Å². The molecule has 16 N–H and O–H groups in total. The molecule has 476 valence electrons. The number of benzene rings is 7. The molecule has 0 saturated carbocycles. The molecule has 1 saturated heterocycles. The predicted octanol–water partition coefficient (Wildman–Crippen LogP) is 6.63. The number of carbonyl (C=O) groups is 1. The van der Waals surface area contributed by atoms with Gasteiger partial charge >= 0.3 is 17.3 Å². The van der Waals surface area contributed by atoms with Gasteiger partial charge in [0.05, 0.1) is 49.5 Å². The molecule has 0 aliphatic carbocycles. The number of fused-ring (bicyclic) bond motifs is 2. The Labute approximate surface area is 519 Å². The van der Waals surface area contributed by atoms with Gasteiger partial charge in [0.1, 0.15) is 100 Å². The Morgan fingerprint density at radius 2 is 1.23 bits per heavy atom. The topological polar surface area (TPSA) is 426 Å². The molecule has 1 fully saturated rings. The molecular formula is C66H57O26+. The number of hydrogen-bond acceptors (Lipinski definition) is 25. The van der Waals surface area contributed by atoms with Crippen molar-refractivity contribution in [3.63, 3.8) is 0 Å². The van der Waals surface area contributed by atoms with Crippen LogP contribution in [0.5, 0.6) is 92.0 Å². The van der Waals surface area contributed by atoms with E-state index in [-0.39, 0.29) is 114 Å². The Bertz CT molecular complexity index is 4320. The van der Waals surface area contributed by atoms with Gasteiger partial charge in [-0.15, -0.1) is 0 Å². The normalized spacial score (nSPS) is 22.5. The van der Waals surface area contributed by atoms with E-state index < -0.39 is 131 Å². The highest BCUT2D eigenvalue weighted by Gasteiger charge is 2.49. The van der Waals surface area contributed by atoms with Crippen LogP contribution in [0.4, 0.5) is 0 Å². The third kappa shape index (κ3) is 11.1. The maximum Gasteiger partial charge on any atom is 0.369 e. The van der Waals surface area contributed by atoms with E-state index in [0.717, 1.165) is 42.5 Å².